The second-order valence-electron chi connectivity index (χ2n) is 5.33. The molecule has 2 nitrogen and oxygen atoms in total. The number of thiol groups is 1. The van der Waals surface area contributed by atoms with Crippen LogP contribution in [0.2, 0.25) is 0 Å². The summed E-state index contributed by atoms with van der Waals surface area (Å²) in [7, 11) is 0. The van der Waals surface area contributed by atoms with Crippen molar-refractivity contribution >= 4 is 12.8 Å². The molecule has 14 heavy (non-hydrogen) atoms. The number of hydrogen-bond donors (Lipinski definition) is 1. The van der Waals surface area contributed by atoms with E-state index in [0.717, 1.165) is 6.54 Å². The summed E-state index contributed by atoms with van der Waals surface area (Å²) < 4.78 is 2.27. The van der Waals surface area contributed by atoms with Crippen LogP contribution in [0.3, 0.4) is 0 Å². The first-order valence-corrected chi connectivity index (χ1v) is 6.11. The number of hydrogen-bond acceptors (Lipinski definition) is 3. The maximum atomic E-state index is 4.64. The van der Waals surface area contributed by atoms with E-state index < -0.39 is 0 Å². The summed E-state index contributed by atoms with van der Waals surface area (Å²) in [5, 5.41) is 0. The van der Waals surface area contributed by atoms with Gasteiger partial charge in [-0.2, -0.15) is 0 Å². The van der Waals surface area contributed by atoms with Crippen LogP contribution in [-0.2, 0) is 0 Å². The molecule has 0 spiro atoms. The average molecular weight is 214 g/mol. The monoisotopic (exact) mass is 214 g/mol. The first-order chi connectivity index (χ1) is 6.52. The van der Waals surface area contributed by atoms with Gasteiger partial charge in [0.15, 0.2) is 0 Å². The van der Waals surface area contributed by atoms with Crippen molar-refractivity contribution in [1.82, 2.24) is 9.21 Å². The van der Waals surface area contributed by atoms with Gasteiger partial charge in [0.1, 0.15) is 0 Å². The Morgan fingerprint density at radius 1 is 1.21 bits per heavy atom. The van der Waals surface area contributed by atoms with Crippen LogP contribution in [0.25, 0.3) is 0 Å². The highest BCUT2D eigenvalue weighted by atomic mass is 32.1. The van der Waals surface area contributed by atoms with Crippen LogP contribution in [0.5, 0.6) is 0 Å². The molecule has 0 aromatic rings. The van der Waals surface area contributed by atoms with Crippen molar-refractivity contribution in [2.75, 3.05) is 26.2 Å². The molecule has 3 heteroatoms. The summed E-state index contributed by atoms with van der Waals surface area (Å²) in [6, 6.07) is 0. The number of likely N-dealkylation sites (tertiary alicyclic amines) is 1. The average Bonchev–Trinajstić information content (AvgIpc) is 2.40. The molecule has 2 aliphatic rings. The van der Waals surface area contributed by atoms with Gasteiger partial charge in [0.05, 0.1) is 0 Å². The van der Waals surface area contributed by atoms with Gasteiger partial charge in [0.2, 0.25) is 0 Å². The van der Waals surface area contributed by atoms with Crippen LogP contribution < -0.4 is 0 Å². The van der Waals surface area contributed by atoms with Crippen molar-refractivity contribution in [3.05, 3.63) is 0 Å². The van der Waals surface area contributed by atoms with E-state index in [1.165, 1.54) is 32.5 Å². The SMILES string of the molecule is CCN1CCC2(C)CCN(S)C2(C)C1. The lowest BCUT2D eigenvalue weighted by Gasteiger charge is -2.51. The fourth-order valence-corrected chi connectivity index (χ4v) is 3.44. The molecule has 2 aliphatic heterocycles. The maximum Gasteiger partial charge on any atom is 0.0464 e. The van der Waals surface area contributed by atoms with Gasteiger partial charge in [-0.1, -0.05) is 26.7 Å². The molecule has 0 aromatic carbocycles. The quantitative estimate of drug-likeness (QED) is 0.667. The van der Waals surface area contributed by atoms with Crippen LogP contribution in [0.4, 0.5) is 0 Å². The third-order valence-electron chi connectivity index (χ3n) is 4.70. The van der Waals surface area contributed by atoms with Gasteiger partial charge < -0.3 is 4.90 Å². The largest absolute Gasteiger partial charge is 0.302 e. The minimum Gasteiger partial charge on any atom is -0.302 e. The molecule has 0 bridgehead atoms. The van der Waals surface area contributed by atoms with Gasteiger partial charge in [-0.25, -0.2) is 4.31 Å². The molecule has 2 atom stereocenters. The summed E-state index contributed by atoms with van der Waals surface area (Å²) in [6.07, 6.45) is 2.64. The van der Waals surface area contributed by atoms with Crippen molar-refractivity contribution in [2.45, 2.75) is 39.2 Å². The van der Waals surface area contributed by atoms with Gasteiger partial charge in [-0.05, 0) is 38.3 Å². The zero-order valence-electron chi connectivity index (χ0n) is 9.58. The van der Waals surface area contributed by atoms with Crippen molar-refractivity contribution in [1.29, 1.82) is 0 Å². The van der Waals surface area contributed by atoms with Crippen LogP contribution in [0, 0.1) is 5.41 Å². The minimum atomic E-state index is 0.282. The van der Waals surface area contributed by atoms with E-state index in [9.17, 15) is 0 Å². The lowest BCUT2D eigenvalue weighted by Crippen LogP contribution is -2.59. The number of rotatable bonds is 1. The molecule has 0 amide bonds. The van der Waals surface area contributed by atoms with Crippen molar-refractivity contribution in [2.24, 2.45) is 5.41 Å². The Morgan fingerprint density at radius 2 is 1.86 bits per heavy atom. The number of likely N-dealkylation sites (N-methyl/N-ethyl adjacent to an activating group) is 1. The molecule has 2 unspecified atom stereocenters. The first-order valence-electron chi connectivity index (χ1n) is 5.71. The summed E-state index contributed by atoms with van der Waals surface area (Å²) >= 11 is 4.64. The van der Waals surface area contributed by atoms with Crippen LogP contribution in [0.15, 0.2) is 0 Å². The smallest absolute Gasteiger partial charge is 0.0464 e. The van der Waals surface area contributed by atoms with Crippen LogP contribution >= 0.6 is 12.8 Å². The van der Waals surface area contributed by atoms with E-state index in [4.69, 9.17) is 0 Å². The van der Waals surface area contributed by atoms with E-state index in [-0.39, 0.29) is 5.54 Å². The Kier molecular flexibility index (Phi) is 2.61. The fourth-order valence-electron chi connectivity index (χ4n) is 3.04. The van der Waals surface area contributed by atoms with Gasteiger partial charge in [0, 0.05) is 18.6 Å². The number of fused-ring (bicyclic) bond motifs is 1. The minimum absolute atomic E-state index is 0.282. The van der Waals surface area contributed by atoms with E-state index in [2.05, 4.69) is 42.8 Å². The Morgan fingerprint density at radius 3 is 2.50 bits per heavy atom. The van der Waals surface area contributed by atoms with Crippen molar-refractivity contribution in [3.63, 3.8) is 0 Å². The molecule has 82 valence electrons. The Hall–Kier alpha value is 0.270. The number of nitrogens with zero attached hydrogens (tertiary/aromatic N) is 2. The summed E-state index contributed by atoms with van der Waals surface area (Å²) in [4.78, 5) is 2.55. The Bertz CT molecular complexity index is 233. The van der Waals surface area contributed by atoms with E-state index in [0.29, 0.717) is 5.41 Å². The Labute approximate surface area is 93.2 Å². The molecular weight excluding hydrogens is 192 g/mol. The van der Waals surface area contributed by atoms with E-state index >= 15 is 0 Å². The summed E-state index contributed by atoms with van der Waals surface area (Å²) in [5.41, 5.74) is 0.769. The highest BCUT2D eigenvalue weighted by Crippen LogP contribution is 2.51. The topological polar surface area (TPSA) is 6.48 Å². The third-order valence-corrected chi connectivity index (χ3v) is 5.35. The van der Waals surface area contributed by atoms with Crippen molar-refractivity contribution in [3.8, 4) is 0 Å². The predicted molar refractivity (Wildman–Crippen MR) is 63.6 cm³/mol. The third kappa shape index (κ3) is 1.33. The van der Waals surface area contributed by atoms with Gasteiger partial charge in [-0.15, -0.1) is 0 Å². The molecule has 2 fully saturated rings. The lowest BCUT2D eigenvalue weighted by atomic mass is 9.68. The van der Waals surface area contributed by atoms with Crippen LogP contribution in [-0.4, -0.2) is 40.9 Å². The zero-order valence-corrected chi connectivity index (χ0v) is 10.5. The summed E-state index contributed by atoms with van der Waals surface area (Å²) in [5.74, 6) is 0. The lowest BCUT2D eigenvalue weighted by molar-refractivity contribution is 0.0165. The van der Waals surface area contributed by atoms with Crippen molar-refractivity contribution < 1.29 is 0 Å². The molecule has 2 rings (SSSR count). The van der Waals surface area contributed by atoms with Crippen LogP contribution in [0.1, 0.15) is 33.6 Å². The maximum absolute atomic E-state index is 4.64. The molecule has 0 saturated carbocycles. The molecule has 2 heterocycles. The molecule has 0 radical (unpaired) electrons. The van der Waals surface area contributed by atoms with Gasteiger partial charge >= 0.3 is 0 Å². The van der Waals surface area contributed by atoms with E-state index in [1.54, 1.807) is 0 Å². The predicted octanol–water partition coefficient (Wildman–Crippen LogP) is 2.03. The summed E-state index contributed by atoms with van der Waals surface area (Å²) in [6.45, 7) is 11.9. The second kappa shape index (κ2) is 3.39. The molecule has 2 saturated heterocycles. The first kappa shape index (κ1) is 10.8. The highest BCUT2D eigenvalue weighted by Gasteiger charge is 2.54. The standard InChI is InChI=1S/C11H22N2S/c1-4-12-7-5-10(2)6-8-13(14)11(10,3)9-12/h14H,4-9H2,1-3H3. The molecule has 0 aliphatic carbocycles. The Balaban J connectivity index is 2.22. The number of piperidine rings is 1. The fraction of sp³-hybridized carbons (Fsp3) is 1.00. The van der Waals surface area contributed by atoms with E-state index in [1.807, 2.05) is 0 Å². The molecular formula is C11H22N2S. The molecule has 0 N–H and O–H groups in total. The zero-order chi connectivity index (χ0) is 10.4. The van der Waals surface area contributed by atoms with Gasteiger partial charge in [-0.3, -0.25) is 0 Å². The van der Waals surface area contributed by atoms with Gasteiger partial charge in [0.25, 0.3) is 0 Å². The molecule has 0 aromatic heterocycles. The highest BCUT2D eigenvalue weighted by molar-refractivity contribution is 7.77. The normalized spacial score (nSPS) is 45.4. The second-order valence-corrected chi connectivity index (χ2v) is 5.81.